The first kappa shape index (κ1) is 41.6. The van der Waals surface area contributed by atoms with Gasteiger partial charge in [0.25, 0.3) is 0 Å². The van der Waals surface area contributed by atoms with Crippen molar-refractivity contribution in [3.8, 4) is 77.9 Å². The van der Waals surface area contributed by atoms with Crippen molar-refractivity contribution in [2.45, 2.75) is 0 Å². The highest BCUT2D eigenvalue weighted by molar-refractivity contribution is 6.26. The van der Waals surface area contributed by atoms with Gasteiger partial charge in [-0.3, -0.25) is 0 Å². The van der Waals surface area contributed by atoms with E-state index in [0.29, 0.717) is 0 Å². The first-order valence-corrected chi connectivity index (χ1v) is 25.0. The highest BCUT2D eigenvalue weighted by Crippen LogP contribution is 2.48. The Bertz CT molecular complexity index is 4400. The van der Waals surface area contributed by atoms with Crippen LogP contribution in [0.5, 0.6) is 0 Å². The van der Waals surface area contributed by atoms with E-state index in [-0.39, 0.29) is 0 Å². The molecule has 0 saturated carbocycles. The number of benzene rings is 14. The molecule has 0 fully saturated rings. The van der Waals surface area contributed by atoms with E-state index < -0.39 is 0 Å². The molecule has 0 heterocycles. The molecule has 0 radical (unpaired) electrons. The lowest BCUT2D eigenvalue weighted by atomic mass is 9.84. The van der Waals surface area contributed by atoms with Gasteiger partial charge in [0, 0.05) is 0 Å². The number of hydrogen-bond acceptors (Lipinski definition) is 0. The smallest absolute Gasteiger partial charge is 0.00921 e. The maximum atomic E-state index is 2.48. The van der Waals surface area contributed by atoms with Crippen LogP contribution in [-0.2, 0) is 0 Å². The van der Waals surface area contributed by atoms with Crippen LogP contribution in [0.25, 0.3) is 143 Å². The summed E-state index contributed by atoms with van der Waals surface area (Å²) in [4.78, 5) is 0. The molecular formula is C72H46. The van der Waals surface area contributed by atoms with Gasteiger partial charge in [-0.15, -0.1) is 0 Å². The second-order valence-electron chi connectivity index (χ2n) is 19.1. The average Bonchev–Trinajstić information content (AvgIpc) is 3.47. The second-order valence-corrected chi connectivity index (χ2v) is 19.1. The monoisotopic (exact) mass is 910 g/mol. The minimum atomic E-state index is 1.18. The Kier molecular flexibility index (Phi) is 9.96. The lowest BCUT2D eigenvalue weighted by molar-refractivity contribution is 1.60. The first-order chi connectivity index (χ1) is 35.7. The molecule has 0 aliphatic rings. The normalized spacial score (nSPS) is 11.6. The fourth-order valence-electron chi connectivity index (χ4n) is 11.7. The largest absolute Gasteiger partial charge is 0.0622 e. The molecule has 0 aliphatic carbocycles. The van der Waals surface area contributed by atoms with Crippen LogP contribution in [0.4, 0.5) is 0 Å². The standard InChI is InChI=1S/C72H46/c1-5-21-47(22-6-1)53-29-13-15-31-55(53)67-45-71-62-40-38-52(42-66(62)69(46-70(71)60-36-20-19-35-59(60)67)56-32-16-14-30-54(56)48-23-7-2-8-24-48)51-37-39-61-64(50-27-11-4-12-28-50)43-68-58-34-18-17-33-57(58)63(44-72(68)65(61)41-51)49-25-9-3-10-26-49/h1-46H. The highest BCUT2D eigenvalue weighted by atomic mass is 14.2. The summed E-state index contributed by atoms with van der Waals surface area (Å²) in [7, 11) is 0. The Balaban J connectivity index is 1.06. The van der Waals surface area contributed by atoms with Crippen LogP contribution >= 0.6 is 0 Å². The fourth-order valence-corrected chi connectivity index (χ4v) is 11.7. The Labute approximate surface area is 419 Å². The van der Waals surface area contributed by atoms with Crippen molar-refractivity contribution >= 4 is 64.6 Å². The Morgan fingerprint density at radius 3 is 0.833 bits per heavy atom. The molecule has 0 aromatic heterocycles. The van der Waals surface area contributed by atoms with E-state index in [1.54, 1.807) is 0 Å². The summed E-state index contributed by atoms with van der Waals surface area (Å²) in [5.74, 6) is 0. The third kappa shape index (κ3) is 6.91. The van der Waals surface area contributed by atoms with Crippen LogP contribution in [0.3, 0.4) is 0 Å². The number of fused-ring (bicyclic) bond motifs is 10. The van der Waals surface area contributed by atoms with Gasteiger partial charge >= 0.3 is 0 Å². The van der Waals surface area contributed by atoms with Gasteiger partial charge in [0.05, 0.1) is 0 Å². The predicted molar refractivity (Wildman–Crippen MR) is 310 cm³/mol. The third-order valence-corrected chi connectivity index (χ3v) is 15.1. The van der Waals surface area contributed by atoms with E-state index in [4.69, 9.17) is 0 Å². The average molecular weight is 911 g/mol. The van der Waals surface area contributed by atoms with Gasteiger partial charge < -0.3 is 0 Å². The van der Waals surface area contributed by atoms with E-state index in [9.17, 15) is 0 Å². The molecule has 0 atom stereocenters. The second kappa shape index (κ2) is 17.2. The first-order valence-electron chi connectivity index (χ1n) is 25.0. The maximum Gasteiger partial charge on any atom is -0.00921 e. The molecule has 0 N–H and O–H groups in total. The Morgan fingerprint density at radius 1 is 0.111 bits per heavy atom. The summed E-state index contributed by atoms with van der Waals surface area (Å²) >= 11 is 0. The van der Waals surface area contributed by atoms with Gasteiger partial charge in [-0.05, 0) is 179 Å². The summed E-state index contributed by atoms with van der Waals surface area (Å²) in [6.45, 7) is 0. The Hall–Kier alpha value is -9.36. The maximum absolute atomic E-state index is 2.48. The molecule has 334 valence electrons. The van der Waals surface area contributed by atoms with Gasteiger partial charge in [0.15, 0.2) is 0 Å². The van der Waals surface area contributed by atoms with E-state index >= 15 is 0 Å². The van der Waals surface area contributed by atoms with Gasteiger partial charge in [0.1, 0.15) is 0 Å². The van der Waals surface area contributed by atoms with Crippen LogP contribution < -0.4 is 0 Å². The summed E-state index contributed by atoms with van der Waals surface area (Å²) in [6.07, 6.45) is 0. The third-order valence-electron chi connectivity index (χ3n) is 15.1. The van der Waals surface area contributed by atoms with Crippen LogP contribution in [0.2, 0.25) is 0 Å². The summed E-state index contributed by atoms with van der Waals surface area (Å²) in [5, 5.41) is 15.0. The van der Waals surface area contributed by atoms with Gasteiger partial charge in [0.2, 0.25) is 0 Å². The zero-order valence-corrected chi connectivity index (χ0v) is 39.6. The molecule has 0 spiro atoms. The van der Waals surface area contributed by atoms with E-state index in [2.05, 4.69) is 279 Å². The van der Waals surface area contributed by atoms with Crippen molar-refractivity contribution in [3.63, 3.8) is 0 Å². The Morgan fingerprint density at radius 2 is 0.375 bits per heavy atom. The zero-order chi connectivity index (χ0) is 47.5. The van der Waals surface area contributed by atoms with Gasteiger partial charge in [-0.1, -0.05) is 243 Å². The van der Waals surface area contributed by atoms with Crippen molar-refractivity contribution in [1.82, 2.24) is 0 Å². The van der Waals surface area contributed by atoms with Crippen LogP contribution in [0.1, 0.15) is 0 Å². The lowest BCUT2D eigenvalue weighted by Gasteiger charge is -2.20. The molecule has 14 aromatic carbocycles. The fraction of sp³-hybridized carbons (Fsp3) is 0. The molecule has 14 rings (SSSR count). The zero-order valence-electron chi connectivity index (χ0n) is 39.6. The summed E-state index contributed by atoms with van der Waals surface area (Å²) in [5.41, 5.74) is 17.0. The molecule has 0 unspecified atom stereocenters. The topological polar surface area (TPSA) is 0 Å². The van der Waals surface area contributed by atoms with E-state index in [0.717, 1.165) is 0 Å². The molecule has 0 nitrogen and oxygen atoms in total. The molecular weight excluding hydrogens is 865 g/mol. The molecule has 0 bridgehead atoms. The molecule has 0 amide bonds. The minimum absolute atomic E-state index is 1.18. The van der Waals surface area contributed by atoms with Crippen molar-refractivity contribution in [1.29, 1.82) is 0 Å². The van der Waals surface area contributed by atoms with E-state index in [1.165, 1.54) is 143 Å². The van der Waals surface area contributed by atoms with Gasteiger partial charge in [-0.25, -0.2) is 0 Å². The van der Waals surface area contributed by atoms with Crippen LogP contribution in [0, 0.1) is 0 Å². The minimum Gasteiger partial charge on any atom is -0.0622 e. The molecule has 14 aromatic rings. The summed E-state index contributed by atoms with van der Waals surface area (Å²) in [6, 6.07) is 103. The van der Waals surface area contributed by atoms with Crippen molar-refractivity contribution in [2.24, 2.45) is 0 Å². The molecule has 0 saturated heterocycles. The summed E-state index contributed by atoms with van der Waals surface area (Å²) < 4.78 is 0. The molecule has 72 heavy (non-hydrogen) atoms. The van der Waals surface area contributed by atoms with E-state index in [1.807, 2.05) is 0 Å². The van der Waals surface area contributed by atoms with Crippen molar-refractivity contribution in [2.75, 3.05) is 0 Å². The van der Waals surface area contributed by atoms with Gasteiger partial charge in [-0.2, -0.15) is 0 Å². The van der Waals surface area contributed by atoms with Crippen LogP contribution in [0.15, 0.2) is 279 Å². The molecule has 0 heteroatoms. The van der Waals surface area contributed by atoms with Crippen LogP contribution in [-0.4, -0.2) is 0 Å². The number of hydrogen-bond donors (Lipinski definition) is 0. The number of rotatable bonds is 7. The quantitative estimate of drug-likeness (QED) is 0.140. The predicted octanol–water partition coefficient (Wildman–Crippen LogP) is 20.3. The highest BCUT2D eigenvalue weighted by Gasteiger charge is 2.20. The van der Waals surface area contributed by atoms with Crippen molar-refractivity contribution < 1.29 is 0 Å². The molecule has 0 aliphatic heterocycles. The lowest BCUT2D eigenvalue weighted by Crippen LogP contribution is -1.93. The van der Waals surface area contributed by atoms with Crippen molar-refractivity contribution in [3.05, 3.63) is 279 Å². The SMILES string of the molecule is c1ccc(-c2ccccc2-c2cc3c4ccc(-c5ccc6c(-c7ccccc7)cc7c8ccccc8c(-c8ccccc8)cc7c6c5)cc4c(-c4ccccc4-c4ccccc4)cc3c3ccccc23)cc1.